The monoisotopic (exact) mass is 358 g/mol. The summed E-state index contributed by atoms with van der Waals surface area (Å²) in [6.07, 6.45) is 32.8. The van der Waals surface area contributed by atoms with E-state index in [-0.39, 0.29) is 0 Å². The average molecular weight is 359 g/mol. The smallest absolute Gasteiger partial charge is 0.0274 e. The molecule has 0 N–H and O–H groups in total. The highest BCUT2D eigenvalue weighted by molar-refractivity contribution is 4.86. The van der Waals surface area contributed by atoms with Crippen molar-refractivity contribution in [2.24, 2.45) is 0 Å². The maximum atomic E-state index is 3.35. The van der Waals surface area contributed by atoms with Gasteiger partial charge in [-0.25, -0.2) is 0 Å². The molecule has 0 bridgehead atoms. The molecule has 150 valence electrons. The van der Waals surface area contributed by atoms with E-state index < -0.39 is 0 Å². The van der Waals surface area contributed by atoms with Crippen molar-refractivity contribution in [2.75, 3.05) is 0 Å². The van der Waals surface area contributed by atoms with Crippen LogP contribution in [0, 0.1) is 0 Å². The third-order valence-corrected chi connectivity index (χ3v) is 4.82. The third-order valence-electron chi connectivity index (χ3n) is 4.82. The van der Waals surface area contributed by atoms with Crippen molar-refractivity contribution in [3.8, 4) is 0 Å². The van der Waals surface area contributed by atoms with Gasteiger partial charge in [0.15, 0.2) is 0 Å². The summed E-state index contributed by atoms with van der Waals surface area (Å²) in [5.41, 5.74) is 6.70. The van der Waals surface area contributed by atoms with Crippen LogP contribution in [0.2, 0.25) is 0 Å². The van der Waals surface area contributed by atoms with Gasteiger partial charge in [0.1, 0.15) is 0 Å². The summed E-state index contributed by atoms with van der Waals surface area (Å²) in [4.78, 5) is 0. The summed E-state index contributed by atoms with van der Waals surface area (Å²) >= 11 is 0. The molecule has 0 saturated carbocycles. The molecule has 0 spiro atoms. The fourth-order valence-corrected chi connectivity index (χ4v) is 3.05. The predicted molar refractivity (Wildman–Crippen MR) is 120 cm³/mol. The summed E-state index contributed by atoms with van der Waals surface area (Å²) in [5.74, 6) is 0. The lowest BCUT2D eigenvalue weighted by Crippen LogP contribution is -1.77. The van der Waals surface area contributed by atoms with Crippen LogP contribution in [0.1, 0.15) is 129 Å². The zero-order valence-electron chi connectivity index (χ0n) is 18.0. The first-order chi connectivity index (χ1) is 12.9. The van der Waals surface area contributed by atoms with Crippen LogP contribution in [0.4, 0.5) is 0 Å². The first-order valence-corrected chi connectivity index (χ1v) is 11.7. The van der Waals surface area contributed by atoms with Crippen LogP contribution in [-0.4, -0.2) is 0 Å². The van der Waals surface area contributed by atoms with Crippen molar-refractivity contribution in [3.05, 3.63) is 35.8 Å². The van der Waals surface area contributed by atoms with Crippen molar-refractivity contribution in [1.29, 1.82) is 0 Å². The average Bonchev–Trinajstić information content (AvgIpc) is 2.66. The molecule has 0 nitrogen and oxygen atoms in total. The summed E-state index contributed by atoms with van der Waals surface area (Å²) in [5, 5.41) is 0. The van der Waals surface area contributed by atoms with Gasteiger partial charge in [0, 0.05) is 0 Å². The van der Waals surface area contributed by atoms with E-state index in [1.54, 1.807) is 0 Å². The van der Waals surface area contributed by atoms with E-state index in [1.165, 1.54) is 116 Å². The molecule has 0 rings (SSSR count). The molecule has 0 heteroatoms. The van der Waals surface area contributed by atoms with Gasteiger partial charge in [0.2, 0.25) is 0 Å². The number of allylic oxidation sites excluding steroid dienone is 2. The standard InChI is InChI=1S/C26H46/c1-3-5-7-9-11-13-15-17-19-21-23-25-26-24-22-20-18-16-14-12-10-8-6-4-2/h17-18,21-22H,3-16,23-26H2,1-2H3. The predicted octanol–water partition coefficient (Wildman–Crippen LogP) is 9.47. The Kier molecular flexibility index (Phi) is 23.2. The van der Waals surface area contributed by atoms with Gasteiger partial charge in [0.25, 0.3) is 0 Å². The Bertz CT molecular complexity index is 337. The minimum absolute atomic E-state index is 1.17. The zero-order chi connectivity index (χ0) is 19.0. The molecular weight excluding hydrogens is 312 g/mol. The molecule has 0 aliphatic heterocycles. The van der Waals surface area contributed by atoms with Gasteiger partial charge in [-0.3, -0.25) is 0 Å². The Hall–Kier alpha value is -0.960. The van der Waals surface area contributed by atoms with E-state index in [0.29, 0.717) is 0 Å². The van der Waals surface area contributed by atoms with Crippen LogP contribution in [-0.2, 0) is 0 Å². The second kappa shape index (κ2) is 24.0. The highest BCUT2D eigenvalue weighted by atomic mass is 13.9. The van der Waals surface area contributed by atoms with Crippen LogP contribution in [0.25, 0.3) is 0 Å². The maximum Gasteiger partial charge on any atom is -0.0274 e. The summed E-state index contributed by atoms with van der Waals surface area (Å²) in [6, 6.07) is 0. The molecule has 0 aromatic heterocycles. The number of rotatable bonds is 19. The Morgan fingerprint density at radius 3 is 1.00 bits per heavy atom. The second-order valence-corrected chi connectivity index (χ2v) is 7.55. The molecule has 0 heterocycles. The highest BCUT2D eigenvalue weighted by Gasteiger charge is 1.88. The van der Waals surface area contributed by atoms with Crippen LogP contribution < -0.4 is 0 Å². The van der Waals surface area contributed by atoms with Gasteiger partial charge in [-0.1, -0.05) is 78.1 Å². The van der Waals surface area contributed by atoms with E-state index in [2.05, 4.69) is 49.6 Å². The molecule has 0 unspecified atom stereocenters. The van der Waals surface area contributed by atoms with E-state index in [4.69, 9.17) is 0 Å². The molecule has 0 saturated heterocycles. The summed E-state index contributed by atoms with van der Waals surface area (Å²) in [7, 11) is 0. The van der Waals surface area contributed by atoms with Crippen molar-refractivity contribution in [3.63, 3.8) is 0 Å². The Labute approximate surface area is 165 Å². The van der Waals surface area contributed by atoms with E-state index >= 15 is 0 Å². The van der Waals surface area contributed by atoms with Crippen molar-refractivity contribution >= 4 is 0 Å². The van der Waals surface area contributed by atoms with Gasteiger partial charge in [-0.15, -0.1) is 11.5 Å². The Morgan fingerprint density at radius 2 is 0.654 bits per heavy atom. The zero-order valence-corrected chi connectivity index (χ0v) is 18.0. The summed E-state index contributed by atoms with van der Waals surface area (Å²) < 4.78 is 0. The number of unbranched alkanes of at least 4 members (excludes halogenated alkanes) is 15. The molecule has 0 radical (unpaired) electrons. The molecular formula is C26H46. The van der Waals surface area contributed by atoms with Gasteiger partial charge < -0.3 is 0 Å². The molecule has 0 aliphatic carbocycles. The third kappa shape index (κ3) is 23.0. The Balaban J connectivity index is 3.32. The van der Waals surface area contributed by atoms with Crippen LogP contribution in [0.15, 0.2) is 35.8 Å². The number of hydrogen-bond acceptors (Lipinski definition) is 0. The van der Waals surface area contributed by atoms with Crippen LogP contribution >= 0.6 is 0 Å². The SMILES string of the molecule is CCCCCCCCC=C=CCCCCC=C=CCCCCCCCC. The molecule has 0 aliphatic rings. The van der Waals surface area contributed by atoms with Gasteiger partial charge in [-0.2, -0.15) is 0 Å². The molecule has 0 fully saturated rings. The lowest BCUT2D eigenvalue weighted by atomic mass is 10.1. The van der Waals surface area contributed by atoms with Crippen molar-refractivity contribution in [2.45, 2.75) is 129 Å². The fraction of sp³-hybridized carbons (Fsp3) is 0.769. The second-order valence-electron chi connectivity index (χ2n) is 7.55. The quantitative estimate of drug-likeness (QED) is 0.159. The van der Waals surface area contributed by atoms with E-state index in [1.807, 2.05) is 0 Å². The van der Waals surface area contributed by atoms with Crippen molar-refractivity contribution < 1.29 is 0 Å². The van der Waals surface area contributed by atoms with E-state index in [9.17, 15) is 0 Å². The van der Waals surface area contributed by atoms with Gasteiger partial charge >= 0.3 is 0 Å². The largest absolute Gasteiger partial charge is 0.130 e. The van der Waals surface area contributed by atoms with Crippen molar-refractivity contribution in [1.82, 2.24) is 0 Å². The minimum Gasteiger partial charge on any atom is -0.130 e. The topological polar surface area (TPSA) is 0 Å². The normalized spacial score (nSPS) is 10.1. The van der Waals surface area contributed by atoms with Gasteiger partial charge in [0.05, 0.1) is 0 Å². The molecule has 0 aromatic rings. The van der Waals surface area contributed by atoms with E-state index in [0.717, 1.165) is 0 Å². The first kappa shape index (κ1) is 25.0. The lowest BCUT2D eigenvalue weighted by molar-refractivity contribution is 0.611. The first-order valence-electron chi connectivity index (χ1n) is 11.7. The van der Waals surface area contributed by atoms with Crippen LogP contribution in [0.5, 0.6) is 0 Å². The summed E-state index contributed by atoms with van der Waals surface area (Å²) in [6.45, 7) is 4.55. The Morgan fingerprint density at radius 1 is 0.385 bits per heavy atom. The highest BCUT2D eigenvalue weighted by Crippen LogP contribution is 2.08. The molecule has 0 aromatic carbocycles. The molecule has 26 heavy (non-hydrogen) atoms. The van der Waals surface area contributed by atoms with Crippen LogP contribution in [0.3, 0.4) is 0 Å². The molecule has 0 amide bonds. The fourth-order valence-electron chi connectivity index (χ4n) is 3.05. The number of hydrogen-bond donors (Lipinski definition) is 0. The minimum atomic E-state index is 1.17. The molecule has 0 atom stereocenters. The van der Waals surface area contributed by atoms with Gasteiger partial charge in [-0.05, 0) is 75.7 Å². The maximum absolute atomic E-state index is 3.35. The lowest BCUT2D eigenvalue weighted by Gasteiger charge is -1.96.